The number of carbonyl (C=O) groups is 2. The number of esters is 1. The predicted molar refractivity (Wildman–Crippen MR) is 91.6 cm³/mol. The van der Waals surface area contributed by atoms with Crippen LogP contribution in [-0.2, 0) is 14.3 Å². The Morgan fingerprint density at radius 1 is 1.08 bits per heavy atom. The largest absolute Gasteiger partial charge is 0.491 e. The molecule has 1 aliphatic heterocycles. The van der Waals surface area contributed by atoms with Crippen LogP contribution >= 0.6 is 0 Å². The minimum atomic E-state index is -0.507. The second-order valence-electron chi connectivity index (χ2n) is 6.60. The number of amides is 1. The Morgan fingerprint density at radius 3 is 2.52 bits per heavy atom. The average Bonchev–Trinajstić information content (AvgIpc) is 3.32. The van der Waals surface area contributed by atoms with Crippen molar-refractivity contribution in [2.75, 3.05) is 19.8 Å². The van der Waals surface area contributed by atoms with Gasteiger partial charge >= 0.3 is 5.97 Å². The van der Waals surface area contributed by atoms with Crippen molar-refractivity contribution in [3.63, 3.8) is 0 Å². The molecule has 1 saturated carbocycles. The summed E-state index contributed by atoms with van der Waals surface area (Å²) in [5.74, 6) is -0.0601. The molecule has 1 saturated heterocycles. The van der Waals surface area contributed by atoms with Gasteiger partial charge in [-0.2, -0.15) is 0 Å². The van der Waals surface area contributed by atoms with Crippen LogP contribution in [0.15, 0.2) is 24.3 Å². The summed E-state index contributed by atoms with van der Waals surface area (Å²) in [6.45, 7) is 1.07. The number of rotatable bonds is 7. The van der Waals surface area contributed by atoms with Gasteiger partial charge in [0.15, 0.2) is 6.61 Å². The maximum absolute atomic E-state index is 12.0. The lowest BCUT2D eigenvalue weighted by molar-refractivity contribution is -0.124. The van der Waals surface area contributed by atoms with Gasteiger partial charge in [-0.1, -0.05) is 12.8 Å². The summed E-state index contributed by atoms with van der Waals surface area (Å²) in [4.78, 5) is 23.8. The van der Waals surface area contributed by atoms with Gasteiger partial charge in [-0.25, -0.2) is 4.79 Å². The molecule has 1 aromatic rings. The second-order valence-corrected chi connectivity index (χ2v) is 6.60. The molecule has 25 heavy (non-hydrogen) atoms. The fourth-order valence-corrected chi connectivity index (χ4v) is 3.21. The Morgan fingerprint density at radius 2 is 1.84 bits per heavy atom. The van der Waals surface area contributed by atoms with E-state index < -0.39 is 5.97 Å². The smallest absolute Gasteiger partial charge is 0.338 e. The normalized spacial score (nSPS) is 20.4. The molecule has 1 heterocycles. The molecule has 1 atom stereocenters. The highest BCUT2D eigenvalue weighted by Gasteiger charge is 2.18. The van der Waals surface area contributed by atoms with E-state index in [9.17, 15) is 9.59 Å². The van der Waals surface area contributed by atoms with Gasteiger partial charge in [0.25, 0.3) is 5.91 Å². The van der Waals surface area contributed by atoms with Gasteiger partial charge in [-0.05, 0) is 49.9 Å². The number of carbonyl (C=O) groups excluding carboxylic acids is 2. The lowest BCUT2D eigenvalue weighted by Gasteiger charge is -2.12. The summed E-state index contributed by atoms with van der Waals surface area (Å²) in [6, 6.07) is 6.96. The minimum absolute atomic E-state index is 0.156. The van der Waals surface area contributed by atoms with Crippen LogP contribution in [0.3, 0.4) is 0 Å². The molecule has 6 nitrogen and oxygen atoms in total. The summed E-state index contributed by atoms with van der Waals surface area (Å²) in [5.41, 5.74) is 0.401. The van der Waals surface area contributed by atoms with Crippen LogP contribution in [0.5, 0.6) is 5.75 Å². The number of benzene rings is 1. The third-order valence-corrected chi connectivity index (χ3v) is 4.60. The van der Waals surface area contributed by atoms with Crippen LogP contribution in [0, 0.1) is 0 Å². The Labute approximate surface area is 147 Å². The first kappa shape index (κ1) is 17.7. The first-order valence-electron chi connectivity index (χ1n) is 9.01. The zero-order valence-corrected chi connectivity index (χ0v) is 14.4. The molecule has 0 radical (unpaired) electrons. The molecule has 2 fully saturated rings. The summed E-state index contributed by atoms with van der Waals surface area (Å²) >= 11 is 0. The highest BCUT2D eigenvalue weighted by molar-refractivity contribution is 5.91. The van der Waals surface area contributed by atoms with Crippen molar-refractivity contribution in [1.82, 2.24) is 5.32 Å². The van der Waals surface area contributed by atoms with Crippen molar-refractivity contribution in [2.24, 2.45) is 0 Å². The van der Waals surface area contributed by atoms with Gasteiger partial charge in [0.05, 0.1) is 11.7 Å². The number of nitrogens with one attached hydrogen (secondary N) is 1. The van der Waals surface area contributed by atoms with E-state index in [4.69, 9.17) is 14.2 Å². The van der Waals surface area contributed by atoms with Gasteiger partial charge in [-0.15, -0.1) is 0 Å². The first-order chi connectivity index (χ1) is 12.2. The van der Waals surface area contributed by atoms with Crippen LogP contribution in [0.4, 0.5) is 0 Å². The monoisotopic (exact) mass is 347 g/mol. The van der Waals surface area contributed by atoms with E-state index in [1.807, 2.05) is 0 Å². The Bertz CT molecular complexity index is 574. The zero-order valence-electron chi connectivity index (χ0n) is 14.4. The van der Waals surface area contributed by atoms with Crippen molar-refractivity contribution in [2.45, 2.75) is 50.7 Å². The summed E-state index contributed by atoms with van der Waals surface area (Å²) in [6.07, 6.45) is 6.56. The maximum Gasteiger partial charge on any atom is 0.338 e. The molecule has 0 bridgehead atoms. The molecular weight excluding hydrogens is 322 g/mol. The van der Waals surface area contributed by atoms with Crippen LogP contribution < -0.4 is 10.1 Å². The number of hydrogen-bond acceptors (Lipinski definition) is 5. The molecule has 1 N–H and O–H groups in total. The second kappa shape index (κ2) is 8.85. The lowest BCUT2D eigenvalue weighted by atomic mass is 10.2. The van der Waals surface area contributed by atoms with E-state index in [1.54, 1.807) is 24.3 Å². The lowest BCUT2D eigenvalue weighted by Crippen LogP contribution is -2.35. The third-order valence-electron chi connectivity index (χ3n) is 4.60. The van der Waals surface area contributed by atoms with Crippen molar-refractivity contribution in [3.05, 3.63) is 29.8 Å². The van der Waals surface area contributed by atoms with E-state index in [1.165, 1.54) is 0 Å². The summed E-state index contributed by atoms with van der Waals surface area (Å²) in [7, 11) is 0. The van der Waals surface area contributed by atoms with Crippen LogP contribution in [-0.4, -0.2) is 43.8 Å². The minimum Gasteiger partial charge on any atom is -0.491 e. The predicted octanol–water partition coefficient (Wildman–Crippen LogP) is 2.46. The van der Waals surface area contributed by atoms with E-state index in [0.29, 0.717) is 17.9 Å². The summed E-state index contributed by atoms with van der Waals surface area (Å²) in [5, 5.41) is 2.89. The maximum atomic E-state index is 12.0. The van der Waals surface area contributed by atoms with Crippen LogP contribution in [0.25, 0.3) is 0 Å². The third kappa shape index (κ3) is 5.46. The Balaban J connectivity index is 1.39. The molecular formula is C19H25NO5. The SMILES string of the molecule is O=C(COC(=O)c1ccc(OCC2CCCO2)cc1)NC1CCCC1. The average molecular weight is 347 g/mol. The molecule has 1 aliphatic carbocycles. The quantitative estimate of drug-likeness (QED) is 0.767. The molecule has 2 aliphatic rings. The van der Waals surface area contributed by atoms with Crippen LogP contribution in [0.2, 0.25) is 0 Å². The topological polar surface area (TPSA) is 73.9 Å². The van der Waals surface area contributed by atoms with Crippen molar-refractivity contribution < 1.29 is 23.8 Å². The van der Waals surface area contributed by atoms with Gasteiger partial charge in [-0.3, -0.25) is 4.79 Å². The van der Waals surface area contributed by atoms with Gasteiger partial charge in [0, 0.05) is 12.6 Å². The molecule has 3 rings (SSSR count). The molecule has 136 valence electrons. The highest BCUT2D eigenvalue weighted by Crippen LogP contribution is 2.18. The Kier molecular flexibility index (Phi) is 6.28. The van der Waals surface area contributed by atoms with Crippen molar-refractivity contribution in [3.8, 4) is 5.75 Å². The summed E-state index contributed by atoms with van der Waals surface area (Å²) < 4.78 is 16.2. The number of ether oxygens (including phenoxy) is 3. The molecule has 6 heteroatoms. The van der Waals surface area contributed by atoms with E-state index in [2.05, 4.69) is 5.32 Å². The molecule has 1 unspecified atom stereocenters. The fraction of sp³-hybridized carbons (Fsp3) is 0.579. The molecule has 0 spiro atoms. The number of hydrogen-bond donors (Lipinski definition) is 1. The van der Waals surface area contributed by atoms with E-state index in [0.717, 1.165) is 45.1 Å². The van der Waals surface area contributed by atoms with Gasteiger partial charge in [0.2, 0.25) is 0 Å². The molecule has 1 amide bonds. The molecule has 1 aromatic carbocycles. The highest BCUT2D eigenvalue weighted by atomic mass is 16.5. The standard InChI is InChI=1S/C19H25NO5/c21-18(20-15-4-1-2-5-15)13-25-19(22)14-7-9-16(10-8-14)24-12-17-6-3-11-23-17/h7-10,15,17H,1-6,11-13H2,(H,20,21). The van der Waals surface area contributed by atoms with Gasteiger partial charge in [0.1, 0.15) is 12.4 Å². The van der Waals surface area contributed by atoms with Crippen molar-refractivity contribution in [1.29, 1.82) is 0 Å². The van der Waals surface area contributed by atoms with Crippen molar-refractivity contribution >= 4 is 11.9 Å². The van der Waals surface area contributed by atoms with E-state index >= 15 is 0 Å². The zero-order chi connectivity index (χ0) is 17.5. The molecule has 0 aromatic heterocycles. The Hall–Kier alpha value is -2.08. The fourth-order valence-electron chi connectivity index (χ4n) is 3.21. The van der Waals surface area contributed by atoms with Gasteiger partial charge < -0.3 is 19.5 Å². The van der Waals surface area contributed by atoms with E-state index in [-0.39, 0.29) is 24.7 Å². The van der Waals surface area contributed by atoms with Crippen LogP contribution in [0.1, 0.15) is 48.9 Å². The first-order valence-corrected chi connectivity index (χ1v) is 9.01.